The molecule has 0 fully saturated rings. The van der Waals surface area contributed by atoms with Crippen molar-refractivity contribution in [1.82, 2.24) is 19.0 Å². The number of aryl methyl sites for hydroxylation is 3. The van der Waals surface area contributed by atoms with Crippen LogP contribution >= 0.6 is 0 Å². The van der Waals surface area contributed by atoms with Crippen LogP contribution in [0.5, 0.6) is 0 Å². The van der Waals surface area contributed by atoms with Crippen LogP contribution in [0.15, 0.2) is 131 Å². The minimum absolute atomic E-state index is 0.0191. The lowest BCUT2D eigenvalue weighted by molar-refractivity contribution is 0.196. The third-order valence-corrected chi connectivity index (χ3v) is 18.5. The normalized spacial score (nSPS) is 19.8. The molecule has 0 unspecified atom stereocenters. The first kappa shape index (κ1) is 48.0. The highest BCUT2D eigenvalue weighted by Gasteiger charge is 2.56. The Morgan fingerprint density at radius 2 is 1.31 bits per heavy atom. The second-order valence-corrected chi connectivity index (χ2v) is 24.3. The van der Waals surface area contributed by atoms with Crippen molar-refractivity contribution in [1.29, 1.82) is 0 Å². The van der Waals surface area contributed by atoms with E-state index in [2.05, 4.69) is 235 Å². The first-order valence-corrected chi connectivity index (χ1v) is 27.2. The van der Waals surface area contributed by atoms with Crippen LogP contribution in [0.2, 0.25) is 0 Å². The number of nitrogens with zero attached hydrogens (tertiary/aromatic N) is 5. The zero-order valence-electron chi connectivity index (χ0n) is 46.9. The molecule has 5 nitrogen and oxygen atoms in total. The molecule has 0 saturated carbocycles. The van der Waals surface area contributed by atoms with Crippen LogP contribution in [0, 0.1) is 60.3 Å². The predicted octanol–water partition coefficient (Wildman–Crippen LogP) is 18.1. The van der Waals surface area contributed by atoms with E-state index < -0.39 is 5.54 Å². The third-order valence-electron chi connectivity index (χ3n) is 18.5. The van der Waals surface area contributed by atoms with Crippen LogP contribution in [0.25, 0.3) is 66.2 Å². The first-order chi connectivity index (χ1) is 35.1. The van der Waals surface area contributed by atoms with E-state index in [1.807, 2.05) is 6.20 Å². The summed E-state index contributed by atoms with van der Waals surface area (Å²) in [6.07, 6.45) is 4.42. The van der Waals surface area contributed by atoms with E-state index in [9.17, 15) is 0 Å². The fourth-order valence-corrected chi connectivity index (χ4v) is 13.5. The maximum absolute atomic E-state index is 6.22. The Kier molecular flexibility index (Phi) is 10.7. The van der Waals surface area contributed by atoms with Crippen LogP contribution in [-0.2, 0) is 11.0 Å². The number of benzene rings is 6. The number of rotatable bonds is 5. The van der Waals surface area contributed by atoms with Gasteiger partial charge < -0.3 is 9.47 Å². The number of aromatic nitrogens is 3. The summed E-state index contributed by atoms with van der Waals surface area (Å²) in [7, 11) is 0. The summed E-state index contributed by atoms with van der Waals surface area (Å²) in [5.74, 6) is 1.94. The molecule has 0 radical (unpaired) electrons. The molecule has 0 spiro atoms. The average molecular weight is 972 g/mol. The summed E-state index contributed by atoms with van der Waals surface area (Å²) in [6.45, 7) is 39.8. The summed E-state index contributed by atoms with van der Waals surface area (Å²) in [6, 6.07) is 37.6. The predicted molar refractivity (Wildman–Crippen MR) is 314 cm³/mol. The Bertz CT molecular complexity index is 4020. The maximum atomic E-state index is 6.22. The van der Waals surface area contributed by atoms with E-state index in [-0.39, 0.29) is 23.3 Å². The quantitative estimate of drug-likeness (QED) is 0.172. The van der Waals surface area contributed by atoms with Crippen molar-refractivity contribution in [3.8, 4) is 22.5 Å². The molecule has 0 N–H and O–H groups in total. The van der Waals surface area contributed by atoms with Crippen LogP contribution in [0.1, 0.15) is 148 Å². The Morgan fingerprint density at radius 1 is 0.622 bits per heavy atom. The largest absolute Gasteiger partial charge is 0.317 e. The SMILES string of the molecule is CC1=C[C@H](C)[C@H](C)C(N2C(c3cc(C(C)C)cc(-n4c5ccc(C)cc5c5ccc(-n6c7ccc(C(C)(C)C)cc7c7cccnc76)cc54)c3)=N[C@@H]3c4cc(C)c(C)c(C)c4-c4c(cc(C)c(C)c4C)[C@@]32C)=C1C. The molecule has 9 aromatic rings. The molecule has 2 aliphatic carbocycles. The number of allylic oxidation sites excluding steroid dienone is 4. The molecule has 1 aliphatic heterocycles. The fourth-order valence-electron chi connectivity index (χ4n) is 13.5. The van der Waals surface area contributed by atoms with Crippen LogP contribution in [0.4, 0.5) is 0 Å². The molecule has 12 rings (SSSR count). The van der Waals surface area contributed by atoms with Crippen molar-refractivity contribution in [3.63, 3.8) is 0 Å². The second kappa shape index (κ2) is 16.5. The smallest absolute Gasteiger partial charge is 0.145 e. The number of pyridine rings is 1. The van der Waals surface area contributed by atoms with Crippen molar-refractivity contribution in [2.45, 2.75) is 141 Å². The number of fused-ring (bicyclic) bond motifs is 12. The zero-order chi connectivity index (χ0) is 52.3. The van der Waals surface area contributed by atoms with Crippen LogP contribution in [-0.4, -0.2) is 24.9 Å². The Hall–Kier alpha value is -6.98. The van der Waals surface area contributed by atoms with Crippen molar-refractivity contribution in [2.24, 2.45) is 16.8 Å². The Labute approximate surface area is 439 Å². The van der Waals surface area contributed by atoms with Gasteiger partial charge in [-0.15, -0.1) is 0 Å². The summed E-state index contributed by atoms with van der Waals surface area (Å²) >= 11 is 0. The van der Waals surface area contributed by atoms with Crippen molar-refractivity contribution >= 4 is 49.6 Å². The first-order valence-electron chi connectivity index (χ1n) is 27.2. The number of hydrogen-bond acceptors (Lipinski definition) is 3. The third kappa shape index (κ3) is 6.73. The van der Waals surface area contributed by atoms with Gasteiger partial charge in [-0.2, -0.15) is 0 Å². The lowest BCUT2D eigenvalue weighted by atomic mass is 9.66. The van der Waals surface area contributed by atoms with E-state index in [0.29, 0.717) is 5.92 Å². The van der Waals surface area contributed by atoms with Crippen molar-refractivity contribution in [2.75, 3.05) is 0 Å². The van der Waals surface area contributed by atoms with Gasteiger partial charge in [-0.05, 0) is 226 Å². The van der Waals surface area contributed by atoms with E-state index >= 15 is 0 Å². The molecule has 6 aromatic carbocycles. The van der Waals surface area contributed by atoms with Gasteiger partial charge in [0.1, 0.15) is 17.5 Å². The topological polar surface area (TPSA) is 38.4 Å². The molecule has 374 valence electrons. The summed E-state index contributed by atoms with van der Waals surface area (Å²) in [4.78, 5) is 14.1. The summed E-state index contributed by atoms with van der Waals surface area (Å²) in [5, 5.41) is 4.87. The van der Waals surface area contributed by atoms with Crippen LogP contribution in [0.3, 0.4) is 0 Å². The van der Waals surface area contributed by atoms with E-state index in [1.54, 1.807) is 0 Å². The fraction of sp³-hybridized carbons (Fsp3) is 0.333. The molecule has 0 saturated heterocycles. The summed E-state index contributed by atoms with van der Waals surface area (Å²) in [5.41, 5.74) is 29.0. The van der Waals surface area contributed by atoms with Gasteiger partial charge in [-0.25, -0.2) is 4.98 Å². The van der Waals surface area contributed by atoms with Gasteiger partial charge in [-0.3, -0.25) is 9.56 Å². The average Bonchev–Trinajstić information content (AvgIpc) is 4.00. The van der Waals surface area contributed by atoms with Gasteiger partial charge in [-0.1, -0.05) is 96.0 Å². The molecule has 4 atom stereocenters. The molecule has 3 aliphatic rings. The lowest BCUT2D eigenvalue weighted by Gasteiger charge is -2.50. The van der Waals surface area contributed by atoms with E-state index in [0.717, 1.165) is 39.5 Å². The Morgan fingerprint density at radius 3 is 2.04 bits per heavy atom. The second-order valence-electron chi connectivity index (χ2n) is 24.3. The number of aliphatic imine (C=N–C) groups is 1. The van der Waals surface area contributed by atoms with Crippen LogP contribution < -0.4 is 0 Å². The van der Waals surface area contributed by atoms with E-state index in [1.165, 1.54) is 116 Å². The highest BCUT2D eigenvalue weighted by molar-refractivity contribution is 6.12. The standard InChI is InChI=1S/C69H73N5/c1-36(2)48-31-49(66-71-65-57-29-40(6)42(8)46(12)62(57)63-47(13)43(9)41(7)30-58(63)69(65,17)74(66)64-44(10)38(4)28-39(5)45(64)11)33-52(32-48)72-59-24-20-37(3)27-55(59)53-23-22-51(35-61(53)72)73-60-25-21-50(68(14,15)16)34-56(60)54-19-18-26-70-67(54)73/h18-36,38,44,65H,1-17H3/t38-,44-,65+,69-/m0/s1. The zero-order valence-corrected chi connectivity index (χ0v) is 46.9. The van der Waals surface area contributed by atoms with Crippen molar-refractivity contribution in [3.05, 3.63) is 193 Å². The van der Waals surface area contributed by atoms with Gasteiger partial charge >= 0.3 is 0 Å². The number of amidine groups is 1. The monoisotopic (exact) mass is 972 g/mol. The molecule has 5 heteroatoms. The van der Waals surface area contributed by atoms with Gasteiger partial charge in [0.15, 0.2) is 0 Å². The molecular formula is C69H73N5. The van der Waals surface area contributed by atoms with Gasteiger partial charge in [0.25, 0.3) is 0 Å². The Balaban J connectivity index is 1.15. The highest BCUT2D eigenvalue weighted by Crippen LogP contribution is 2.61. The minimum atomic E-state index is -0.519. The van der Waals surface area contributed by atoms with Gasteiger partial charge in [0, 0.05) is 56.3 Å². The molecule has 3 aromatic heterocycles. The molecule has 0 amide bonds. The lowest BCUT2D eigenvalue weighted by Crippen LogP contribution is -2.49. The molecule has 74 heavy (non-hydrogen) atoms. The van der Waals surface area contributed by atoms with E-state index in [4.69, 9.17) is 9.98 Å². The van der Waals surface area contributed by atoms with Crippen molar-refractivity contribution < 1.29 is 0 Å². The molecular weight excluding hydrogens is 899 g/mol. The molecule has 0 bridgehead atoms. The summed E-state index contributed by atoms with van der Waals surface area (Å²) < 4.78 is 4.91. The maximum Gasteiger partial charge on any atom is 0.145 e. The minimum Gasteiger partial charge on any atom is -0.317 e. The highest BCUT2D eigenvalue weighted by atomic mass is 15.3. The molecule has 4 heterocycles. The number of hydrogen-bond donors (Lipinski definition) is 0. The van der Waals surface area contributed by atoms with Gasteiger partial charge in [0.05, 0.1) is 22.1 Å². The van der Waals surface area contributed by atoms with Gasteiger partial charge in [0.2, 0.25) is 0 Å².